The molecule has 2 unspecified atom stereocenters. The molecule has 1 saturated heterocycles. The monoisotopic (exact) mass is 252 g/mol. The Bertz CT molecular complexity index is 219. The first-order valence-corrected chi connectivity index (χ1v) is 8.34. The van der Waals surface area contributed by atoms with Crippen LogP contribution in [-0.2, 0) is 0 Å². The van der Waals surface area contributed by atoms with Gasteiger partial charge in [0.25, 0.3) is 0 Å². The topological polar surface area (TPSA) is 15.3 Å². The number of hydrogen-bond acceptors (Lipinski definition) is 2. The molecule has 106 valence electrons. The van der Waals surface area contributed by atoms with E-state index in [1.54, 1.807) is 0 Å². The third kappa shape index (κ3) is 4.24. The van der Waals surface area contributed by atoms with Gasteiger partial charge in [0.15, 0.2) is 0 Å². The molecule has 1 N–H and O–H groups in total. The van der Waals surface area contributed by atoms with Gasteiger partial charge in [-0.05, 0) is 45.1 Å². The first-order chi connectivity index (χ1) is 8.85. The number of piperidine rings is 1. The highest BCUT2D eigenvalue weighted by atomic mass is 15.2. The quantitative estimate of drug-likeness (QED) is 0.710. The van der Waals surface area contributed by atoms with Crippen molar-refractivity contribution in [1.82, 2.24) is 10.2 Å². The van der Waals surface area contributed by atoms with E-state index < -0.39 is 0 Å². The average molecular weight is 252 g/mol. The molecule has 1 heterocycles. The summed E-state index contributed by atoms with van der Waals surface area (Å²) in [5, 5.41) is 3.73. The Morgan fingerprint density at radius 1 is 1.17 bits per heavy atom. The molecular weight excluding hydrogens is 220 g/mol. The molecular formula is C16H32N2. The lowest BCUT2D eigenvalue weighted by Gasteiger charge is -2.36. The van der Waals surface area contributed by atoms with Gasteiger partial charge in [-0.1, -0.05) is 33.1 Å². The van der Waals surface area contributed by atoms with Crippen molar-refractivity contribution >= 4 is 0 Å². The van der Waals surface area contributed by atoms with E-state index in [-0.39, 0.29) is 0 Å². The van der Waals surface area contributed by atoms with E-state index in [4.69, 9.17) is 0 Å². The number of nitrogens with one attached hydrogen (secondary N) is 1. The minimum absolute atomic E-state index is 0.773. The maximum Gasteiger partial charge on any atom is 0.0195 e. The third-order valence-electron chi connectivity index (χ3n) is 4.69. The van der Waals surface area contributed by atoms with Gasteiger partial charge < -0.3 is 5.32 Å². The minimum atomic E-state index is 0.773. The van der Waals surface area contributed by atoms with Gasteiger partial charge in [-0.25, -0.2) is 0 Å². The van der Waals surface area contributed by atoms with Crippen molar-refractivity contribution in [2.24, 2.45) is 0 Å². The van der Waals surface area contributed by atoms with E-state index in [9.17, 15) is 0 Å². The molecule has 18 heavy (non-hydrogen) atoms. The third-order valence-corrected chi connectivity index (χ3v) is 4.69. The Morgan fingerprint density at radius 2 is 2.00 bits per heavy atom. The molecule has 0 aromatic carbocycles. The molecule has 1 aliphatic carbocycles. The Balaban J connectivity index is 1.84. The first-order valence-electron chi connectivity index (χ1n) is 8.34. The fourth-order valence-electron chi connectivity index (χ4n) is 3.38. The van der Waals surface area contributed by atoms with Gasteiger partial charge in [-0.3, -0.25) is 4.90 Å². The summed E-state index contributed by atoms with van der Waals surface area (Å²) in [5.41, 5.74) is 0. The predicted octanol–water partition coefficient (Wildman–Crippen LogP) is 3.56. The number of rotatable bonds is 8. The Hall–Kier alpha value is -0.0800. The second kappa shape index (κ2) is 7.49. The molecule has 0 bridgehead atoms. The Labute approximate surface area is 114 Å². The second-order valence-corrected chi connectivity index (χ2v) is 6.28. The van der Waals surface area contributed by atoms with Gasteiger partial charge in [0.1, 0.15) is 0 Å². The molecule has 1 aliphatic heterocycles. The van der Waals surface area contributed by atoms with Crippen molar-refractivity contribution in [3.05, 3.63) is 0 Å². The van der Waals surface area contributed by atoms with Crippen molar-refractivity contribution in [3.8, 4) is 0 Å². The van der Waals surface area contributed by atoms with Crippen LogP contribution in [0.1, 0.15) is 71.6 Å². The summed E-state index contributed by atoms with van der Waals surface area (Å²) in [6, 6.07) is 2.55. The van der Waals surface area contributed by atoms with Crippen molar-refractivity contribution in [2.75, 3.05) is 13.1 Å². The lowest BCUT2D eigenvalue weighted by molar-refractivity contribution is 0.143. The van der Waals surface area contributed by atoms with Gasteiger partial charge in [0, 0.05) is 24.7 Å². The highest BCUT2D eigenvalue weighted by Gasteiger charge is 2.34. The van der Waals surface area contributed by atoms with E-state index in [0.717, 1.165) is 18.1 Å². The molecule has 2 atom stereocenters. The summed E-state index contributed by atoms with van der Waals surface area (Å²) in [7, 11) is 0. The average Bonchev–Trinajstić information content (AvgIpc) is 3.23. The van der Waals surface area contributed by atoms with E-state index in [1.807, 2.05) is 0 Å². The smallest absolute Gasteiger partial charge is 0.0195 e. The summed E-state index contributed by atoms with van der Waals surface area (Å²) < 4.78 is 0. The van der Waals surface area contributed by atoms with Crippen LogP contribution in [0, 0.1) is 0 Å². The molecule has 0 spiro atoms. The highest BCUT2D eigenvalue weighted by Crippen LogP contribution is 2.31. The first kappa shape index (κ1) is 14.3. The van der Waals surface area contributed by atoms with Crippen LogP contribution >= 0.6 is 0 Å². The molecule has 0 aromatic heterocycles. The molecule has 0 radical (unpaired) electrons. The molecule has 2 fully saturated rings. The standard InChI is InChI=1S/C16H32N2/c1-3-5-9-15(4-2)18(16-10-11-16)13-14-8-6-7-12-17-14/h14-17H,3-13H2,1-2H3. The van der Waals surface area contributed by atoms with Gasteiger partial charge in [0.2, 0.25) is 0 Å². The molecule has 0 aromatic rings. The molecule has 2 nitrogen and oxygen atoms in total. The van der Waals surface area contributed by atoms with Crippen LogP contribution in [-0.4, -0.2) is 36.1 Å². The SMILES string of the molecule is CCCCC(CC)N(CC1CCCCN1)C1CC1. The van der Waals surface area contributed by atoms with Crippen LogP contribution in [0.5, 0.6) is 0 Å². The van der Waals surface area contributed by atoms with Crippen LogP contribution in [0.15, 0.2) is 0 Å². The molecule has 2 aliphatic rings. The summed E-state index contributed by atoms with van der Waals surface area (Å²) in [5.74, 6) is 0. The van der Waals surface area contributed by atoms with Gasteiger partial charge in [-0.15, -0.1) is 0 Å². The lowest BCUT2D eigenvalue weighted by atomic mass is 10.0. The fourth-order valence-corrected chi connectivity index (χ4v) is 3.38. The summed E-state index contributed by atoms with van der Waals surface area (Å²) in [6.07, 6.45) is 12.6. The molecule has 1 saturated carbocycles. The van der Waals surface area contributed by atoms with E-state index in [2.05, 4.69) is 24.1 Å². The number of nitrogens with zero attached hydrogens (tertiary/aromatic N) is 1. The Kier molecular flexibility index (Phi) is 5.97. The van der Waals surface area contributed by atoms with Crippen LogP contribution < -0.4 is 5.32 Å². The zero-order chi connectivity index (χ0) is 12.8. The number of unbranched alkanes of at least 4 members (excludes halogenated alkanes) is 1. The van der Waals surface area contributed by atoms with Crippen molar-refractivity contribution < 1.29 is 0 Å². The molecule has 2 heteroatoms. The van der Waals surface area contributed by atoms with Crippen LogP contribution in [0.3, 0.4) is 0 Å². The molecule has 2 rings (SSSR count). The highest BCUT2D eigenvalue weighted by molar-refractivity contribution is 4.91. The number of hydrogen-bond donors (Lipinski definition) is 1. The largest absolute Gasteiger partial charge is 0.313 e. The van der Waals surface area contributed by atoms with Crippen molar-refractivity contribution in [3.63, 3.8) is 0 Å². The summed E-state index contributed by atoms with van der Waals surface area (Å²) in [4.78, 5) is 2.86. The minimum Gasteiger partial charge on any atom is -0.313 e. The summed E-state index contributed by atoms with van der Waals surface area (Å²) >= 11 is 0. The maximum atomic E-state index is 3.73. The zero-order valence-electron chi connectivity index (χ0n) is 12.5. The predicted molar refractivity (Wildman–Crippen MR) is 79.0 cm³/mol. The van der Waals surface area contributed by atoms with E-state index >= 15 is 0 Å². The van der Waals surface area contributed by atoms with Crippen molar-refractivity contribution in [1.29, 1.82) is 0 Å². The van der Waals surface area contributed by atoms with Gasteiger partial charge in [-0.2, -0.15) is 0 Å². The fraction of sp³-hybridized carbons (Fsp3) is 1.00. The second-order valence-electron chi connectivity index (χ2n) is 6.28. The zero-order valence-corrected chi connectivity index (χ0v) is 12.5. The van der Waals surface area contributed by atoms with Gasteiger partial charge in [0.05, 0.1) is 0 Å². The maximum absolute atomic E-state index is 3.73. The normalized spacial score (nSPS) is 26.5. The lowest BCUT2D eigenvalue weighted by Crippen LogP contribution is -2.48. The van der Waals surface area contributed by atoms with Gasteiger partial charge >= 0.3 is 0 Å². The van der Waals surface area contributed by atoms with Crippen LogP contribution in [0.2, 0.25) is 0 Å². The Morgan fingerprint density at radius 3 is 2.56 bits per heavy atom. The van der Waals surface area contributed by atoms with Crippen LogP contribution in [0.25, 0.3) is 0 Å². The molecule has 0 amide bonds. The van der Waals surface area contributed by atoms with Crippen molar-refractivity contribution in [2.45, 2.75) is 89.8 Å². The van der Waals surface area contributed by atoms with E-state index in [0.29, 0.717) is 0 Å². The summed E-state index contributed by atoms with van der Waals surface area (Å²) in [6.45, 7) is 7.25. The van der Waals surface area contributed by atoms with Crippen LogP contribution in [0.4, 0.5) is 0 Å². The van der Waals surface area contributed by atoms with E-state index in [1.165, 1.54) is 70.9 Å².